The fourth-order valence-electron chi connectivity index (χ4n) is 2.53. The van der Waals surface area contributed by atoms with Crippen molar-refractivity contribution in [1.82, 2.24) is 0 Å². The molecule has 1 amide bonds. The van der Waals surface area contributed by atoms with Crippen LogP contribution < -0.4 is 15.2 Å². The van der Waals surface area contributed by atoms with Crippen molar-refractivity contribution in [2.45, 2.75) is 19.8 Å². The van der Waals surface area contributed by atoms with E-state index in [1.165, 1.54) is 0 Å². The second-order valence-electron chi connectivity index (χ2n) is 6.39. The third kappa shape index (κ3) is 5.68. The van der Waals surface area contributed by atoms with Gasteiger partial charge in [0.25, 0.3) is 5.91 Å². The highest BCUT2D eigenvalue weighted by molar-refractivity contribution is 6.12. The fraction of sp³-hybridized carbons (Fsp3) is 0.227. The summed E-state index contributed by atoms with van der Waals surface area (Å²) in [5, 5.41) is 0. The molecule has 7 heteroatoms. The molecule has 1 heterocycles. The first-order valence-electron chi connectivity index (χ1n) is 9.32. The van der Waals surface area contributed by atoms with Crippen molar-refractivity contribution < 1.29 is 23.8 Å². The SMILES string of the molecule is CCCCOc1ccc(C2=NC(=Cc3ccc(OCC(N)=O)cc3)C(=O)O2)cc1. The van der Waals surface area contributed by atoms with Gasteiger partial charge in [0.15, 0.2) is 12.3 Å². The molecule has 0 radical (unpaired) electrons. The maximum absolute atomic E-state index is 12.1. The van der Waals surface area contributed by atoms with Crippen LogP contribution >= 0.6 is 0 Å². The molecule has 7 nitrogen and oxygen atoms in total. The summed E-state index contributed by atoms with van der Waals surface area (Å²) in [5.41, 5.74) is 6.68. The van der Waals surface area contributed by atoms with E-state index in [1.54, 1.807) is 42.5 Å². The lowest BCUT2D eigenvalue weighted by Crippen LogP contribution is -2.19. The first-order valence-corrected chi connectivity index (χ1v) is 9.32. The fourth-order valence-corrected chi connectivity index (χ4v) is 2.53. The minimum absolute atomic E-state index is 0.192. The number of hydrogen-bond acceptors (Lipinski definition) is 6. The van der Waals surface area contributed by atoms with Gasteiger partial charge in [-0.3, -0.25) is 4.79 Å². The molecule has 29 heavy (non-hydrogen) atoms. The number of esters is 1. The lowest BCUT2D eigenvalue weighted by Gasteiger charge is -2.05. The highest BCUT2D eigenvalue weighted by Crippen LogP contribution is 2.22. The van der Waals surface area contributed by atoms with Gasteiger partial charge in [0.05, 0.1) is 6.61 Å². The van der Waals surface area contributed by atoms with Crippen LogP contribution in [0.4, 0.5) is 0 Å². The van der Waals surface area contributed by atoms with Crippen LogP contribution in [0, 0.1) is 0 Å². The molecule has 2 N–H and O–H groups in total. The lowest BCUT2D eigenvalue weighted by molar-refractivity contribution is -0.130. The van der Waals surface area contributed by atoms with Crippen molar-refractivity contribution in [3.8, 4) is 11.5 Å². The van der Waals surface area contributed by atoms with E-state index in [1.807, 2.05) is 12.1 Å². The Morgan fingerprint density at radius 2 is 1.72 bits per heavy atom. The molecule has 150 valence electrons. The van der Waals surface area contributed by atoms with Crippen molar-refractivity contribution in [2.24, 2.45) is 10.7 Å². The molecule has 2 aromatic carbocycles. The lowest BCUT2D eigenvalue weighted by atomic mass is 10.2. The topological polar surface area (TPSA) is 100 Å². The van der Waals surface area contributed by atoms with Crippen LogP contribution in [-0.4, -0.2) is 31.0 Å². The molecule has 0 aromatic heterocycles. The number of primary amides is 1. The van der Waals surface area contributed by atoms with Gasteiger partial charge in [0.2, 0.25) is 5.90 Å². The zero-order valence-corrected chi connectivity index (χ0v) is 16.1. The van der Waals surface area contributed by atoms with Gasteiger partial charge in [-0.15, -0.1) is 0 Å². The maximum Gasteiger partial charge on any atom is 0.363 e. The molecule has 0 saturated heterocycles. The van der Waals surface area contributed by atoms with Crippen molar-refractivity contribution >= 4 is 23.9 Å². The Hall–Kier alpha value is -3.61. The minimum Gasteiger partial charge on any atom is -0.494 e. The van der Waals surface area contributed by atoms with Crippen LogP contribution in [0.1, 0.15) is 30.9 Å². The second-order valence-corrected chi connectivity index (χ2v) is 6.39. The van der Waals surface area contributed by atoms with Crippen LogP contribution in [0.3, 0.4) is 0 Å². The molecule has 0 bridgehead atoms. The number of ether oxygens (including phenoxy) is 3. The zero-order valence-electron chi connectivity index (χ0n) is 16.1. The molecule has 0 aliphatic carbocycles. The van der Waals surface area contributed by atoms with Gasteiger partial charge in [-0.1, -0.05) is 25.5 Å². The molecule has 1 aliphatic heterocycles. The van der Waals surface area contributed by atoms with Crippen LogP contribution in [0.5, 0.6) is 11.5 Å². The number of carbonyl (C=O) groups excluding carboxylic acids is 2. The molecule has 2 aromatic rings. The number of hydrogen-bond donors (Lipinski definition) is 1. The van der Waals surface area contributed by atoms with Gasteiger partial charge in [-0.2, -0.15) is 0 Å². The van der Waals surface area contributed by atoms with Crippen LogP contribution in [0.2, 0.25) is 0 Å². The Bertz CT molecular complexity index is 931. The summed E-state index contributed by atoms with van der Waals surface area (Å²) >= 11 is 0. The summed E-state index contributed by atoms with van der Waals surface area (Å²) < 4.78 is 16.1. The summed E-state index contributed by atoms with van der Waals surface area (Å²) in [6, 6.07) is 14.1. The maximum atomic E-state index is 12.1. The first-order chi connectivity index (χ1) is 14.0. The summed E-state index contributed by atoms with van der Waals surface area (Å²) in [6.07, 6.45) is 3.69. The van der Waals surface area contributed by atoms with E-state index in [0.29, 0.717) is 17.9 Å². The Balaban J connectivity index is 1.68. The number of cyclic esters (lactones) is 1. The number of carbonyl (C=O) groups is 2. The standard InChI is InChI=1S/C22H22N2O5/c1-2-3-12-27-17-10-6-16(7-11-17)21-24-19(22(26)29-21)13-15-4-8-18(9-5-15)28-14-20(23)25/h4-11,13H,2-3,12,14H2,1H3,(H2,23,25). The molecular weight excluding hydrogens is 372 g/mol. The molecular formula is C22H22N2O5. The van der Waals surface area contributed by atoms with E-state index in [0.717, 1.165) is 24.2 Å². The zero-order chi connectivity index (χ0) is 20.6. The van der Waals surface area contributed by atoms with Gasteiger partial charge < -0.3 is 19.9 Å². The van der Waals surface area contributed by atoms with Gasteiger partial charge in [0, 0.05) is 5.56 Å². The van der Waals surface area contributed by atoms with E-state index in [4.69, 9.17) is 19.9 Å². The van der Waals surface area contributed by atoms with E-state index in [2.05, 4.69) is 11.9 Å². The quantitative estimate of drug-likeness (QED) is 0.400. The van der Waals surface area contributed by atoms with Gasteiger partial charge in [-0.25, -0.2) is 9.79 Å². The average Bonchev–Trinajstić information content (AvgIpc) is 3.08. The highest BCUT2D eigenvalue weighted by Gasteiger charge is 2.24. The summed E-state index contributed by atoms with van der Waals surface area (Å²) in [5.74, 6) is 0.458. The smallest absolute Gasteiger partial charge is 0.363 e. The number of nitrogens with two attached hydrogens (primary N) is 1. The predicted octanol–water partition coefficient (Wildman–Crippen LogP) is 3.07. The molecule has 0 atom stereocenters. The first kappa shape index (κ1) is 20.1. The van der Waals surface area contributed by atoms with E-state index in [-0.39, 0.29) is 18.2 Å². The van der Waals surface area contributed by atoms with Gasteiger partial charge in [-0.05, 0) is 54.5 Å². The third-order valence-corrected chi connectivity index (χ3v) is 4.05. The Labute approximate surface area is 168 Å². The summed E-state index contributed by atoms with van der Waals surface area (Å²) in [6.45, 7) is 2.59. The van der Waals surface area contributed by atoms with E-state index >= 15 is 0 Å². The minimum atomic E-state index is -0.549. The van der Waals surface area contributed by atoms with E-state index in [9.17, 15) is 9.59 Å². The number of benzene rings is 2. The monoisotopic (exact) mass is 394 g/mol. The summed E-state index contributed by atoms with van der Waals surface area (Å²) in [4.78, 5) is 27.2. The van der Waals surface area contributed by atoms with E-state index < -0.39 is 11.9 Å². The average molecular weight is 394 g/mol. The second kappa shape index (κ2) is 9.54. The van der Waals surface area contributed by atoms with Crippen LogP contribution in [0.15, 0.2) is 59.2 Å². The Morgan fingerprint density at radius 1 is 1.07 bits per heavy atom. The highest BCUT2D eigenvalue weighted by atomic mass is 16.6. The normalized spacial score (nSPS) is 14.4. The van der Waals surface area contributed by atoms with Crippen molar-refractivity contribution in [2.75, 3.05) is 13.2 Å². The predicted molar refractivity (Wildman–Crippen MR) is 109 cm³/mol. The molecule has 0 spiro atoms. The Kier molecular flexibility index (Phi) is 6.63. The van der Waals surface area contributed by atoms with Gasteiger partial charge >= 0.3 is 5.97 Å². The van der Waals surface area contributed by atoms with Crippen molar-refractivity contribution in [1.29, 1.82) is 0 Å². The molecule has 0 unspecified atom stereocenters. The third-order valence-electron chi connectivity index (χ3n) is 4.05. The number of unbranched alkanes of at least 4 members (excludes halogenated alkanes) is 1. The Morgan fingerprint density at radius 3 is 2.38 bits per heavy atom. The number of nitrogens with zero attached hydrogens (tertiary/aromatic N) is 1. The molecule has 0 fully saturated rings. The number of rotatable bonds is 9. The number of aliphatic imine (C=N–C) groups is 1. The largest absolute Gasteiger partial charge is 0.494 e. The molecule has 0 saturated carbocycles. The van der Waals surface area contributed by atoms with Crippen LogP contribution in [-0.2, 0) is 14.3 Å². The van der Waals surface area contributed by atoms with Crippen molar-refractivity contribution in [3.05, 3.63) is 65.4 Å². The number of amides is 1. The van der Waals surface area contributed by atoms with Crippen molar-refractivity contribution in [3.63, 3.8) is 0 Å². The molecule has 3 rings (SSSR count). The van der Waals surface area contributed by atoms with Gasteiger partial charge in [0.1, 0.15) is 11.5 Å². The molecule has 1 aliphatic rings. The summed E-state index contributed by atoms with van der Waals surface area (Å²) in [7, 11) is 0. The van der Waals surface area contributed by atoms with Crippen LogP contribution in [0.25, 0.3) is 6.08 Å².